The first-order valence-corrected chi connectivity index (χ1v) is 8.04. The zero-order chi connectivity index (χ0) is 15.7. The lowest BCUT2D eigenvalue weighted by Crippen LogP contribution is -2.38. The third-order valence-electron chi connectivity index (χ3n) is 2.78. The minimum atomic E-state index is -3.63. The Bertz CT molecular complexity index is 527. The van der Waals surface area contributed by atoms with Crippen LogP contribution in [0.1, 0.15) is 6.42 Å². The molecular weight excluding hydrogens is 296 g/mol. The monoisotopic (exact) mass is 316 g/mol. The van der Waals surface area contributed by atoms with Crippen molar-refractivity contribution in [3.8, 4) is 0 Å². The van der Waals surface area contributed by atoms with Crippen molar-refractivity contribution in [2.75, 3.05) is 32.8 Å². The summed E-state index contributed by atoms with van der Waals surface area (Å²) in [5.41, 5.74) is 0. The lowest BCUT2D eigenvalue weighted by Gasteiger charge is -2.20. The summed E-state index contributed by atoms with van der Waals surface area (Å²) in [4.78, 5) is 13.2. The molecule has 3 N–H and O–H groups in total. The van der Waals surface area contributed by atoms with Gasteiger partial charge >= 0.3 is 0 Å². The number of aliphatic hydroxyl groups excluding tert-OH is 2. The normalized spacial score (nSPS) is 11.3. The predicted molar refractivity (Wildman–Crippen MR) is 77.0 cm³/mol. The van der Waals surface area contributed by atoms with Crippen LogP contribution >= 0.6 is 0 Å². The van der Waals surface area contributed by atoms with E-state index in [2.05, 4.69) is 4.72 Å². The van der Waals surface area contributed by atoms with Crippen LogP contribution in [0.4, 0.5) is 0 Å². The zero-order valence-electron chi connectivity index (χ0n) is 11.6. The largest absolute Gasteiger partial charge is 0.395 e. The third kappa shape index (κ3) is 5.80. The second-order valence-corrected chi connectivity index (χ2v) is 6.06. The second-order valence-electron chi connectivity index (χ2n) is 4.29. The van der Waals surface area contributed by atoms with E-state index in [4.69, 9.17) is 10.2 Å². The van der Waals surface area contributed by atoms with Crippen LogP contribution in [0.25, 0.3) is 0 Å². The number of sulfonamides is 1. The number of amides is 1. The van der Waals surface area contributed by atoms with Crippen LogP contribution < -0.4 is 4.72 Å². The van der Waals surface area contributed by atoms with Gasteiger partial charge in [-0.05, 0) is 12.1 Å². The van der Waals surface area contributed by atoms with Gasteiger partial charge in [-0.15, -0.1) is 0 Å². The molecule has 0 aliphatic heterocycles. The van der Waals surface area contributed by atoms with Crippen LogP contribution in [-0.4, -0.2) is 62.3 Å². The Kier molecular flexibility index (Phi) is 7.30. The van der Waals surface area contributed by atoms with Crippen LogP contribution in [0.15, 0.2) is 35.2 Å². The summed E-state index contributed by atoms with van der Waals surface area (Å²) in [6.45, 7) is -0.220. The maximum atomic E-state index is 11.9. The standard InChI is InChI=1S/C13H20N2O5S/c16-10-8-15(9-11-17)13(18)6-7-14-21(19,20)12-4-2-1-3-5-12/h1-5,14,16-17H,6-11H2. The summed E-state index contributed by atoms with van der Waals surface area (Å²) in [7, 11) is -3.63. The molecule has 7 nitrogen and oxygen atoms in total. The van der Waals surface area contributed by atoms with Gasteiger partial charge in [0.05, 0.1) is 18.1 Å². The van der Waals surface area contributed by atoms with Gasteiger partial charge in [0, 0.05) is 26.1 Å². The van der Waals surface area contributed by atoms with Crippen molar-refractivity contribution < 1.29 is 23.4 Å². The lowest BCUT2D eigenvalue weighted by molar-refractivity contribution is -0.132. The topological polar surface area (TPSA) is 107 Å². The van der Waals surface area contributed by atoms with Crippen molar-refractivity contribution in [1.82, 2.24) is 9.62 Å². The Hall–Kier alpha value is -1.48. The van der Waals surface area contributed by atoms with Crippen LogP contribution in [0.3, 0.4) is 0 Å². The van der Waals surface area contributed by atoms with E-state index in [-0.39, 0.29) is 50.1 Å². The van der Waals surface area contributed by atoms with E-state index in [0.717, 1.165) is 0 Å². The van der Waals surface area contributed by atoms with Crippen molar-refractivity contribution in [2.24, 2.45) is 0 Å². The molecule has 21 heavy (non-hydrogen) atoms. The number of hydrogen-bond donors (Lipinski definition) is 3. The van der Waals surface area contributed by atoms with Gasteiger partial charge < -0.3 is 15.1 Å². The first-order chi connectivity index (χ1) is 10.0. The lowest BCUT2D eigenvalue weighted by atomic mass is 10.3. The number of carbonyl (C=O) groups excluding carboxylic acids is 1. The van der Waals surface area contributed by atoms with Gasteiger partial charge in [0.15, 0.2) is 0 Å². The minimum Gasteiger partial charge on any atom is -0.395 e. The number of hydrogen-bond acceptors (Lipinski definition) is 5. The molecule has 1 rings (SSSR count). The van der Waals surface area contributed by atoms with E-state index in [9.17, 15) is 13.2 Å². The fourth-order valence-corrected chi connectivity index (χ4v) is 2.79. The molecule has 0 atom stereocenters. The van der Waals surface area contributed by atoms with E-state index >= 15 is 0 Å². The highest BCUT2D eigenvalue weighted by atomic mass is 32.2. The minimum absolute atomic E-state index is 0.0357. The highest BCUT2D eigenvalue weighted by Crippen LogP contribution is 2.06. The molecular formula is C13H20N2O5S. The molecule has 0 aromatic heterocycles. The number of nitrogens with one attached hydrogen (secondary N) is 1. The Morgan fingerprint density at radius 1 is 1.10 bits per heavy atom. The summed E-state index contributed by atoms with van der Waals surface area (Å²) in [6, 6.07) is 7.88. The molecule has 0 aliphatic carbocycles. The van der Waals surface area contributed by atoms with E-state index < -0.39 is 10.0 Å². The summed E-state index contributed by atoms with van der Waals surface area (Å²) in [5, 5.41) is 17.7. The first kappa shape index (κ1) is 17.6. The second kappa shape index (κ2) is 8.73. The molecule has 0 fully saturated rings. The average Bonchev–Trinajstić information content (AvgIpc) is 2.47. The molecule has 1 aromatic carbocycles. The van der Waals surface area contributed by atoms with Gasteiger partial charge in [0.1, 0.15) is 0 Å². The van der Waals surface area contributed by atoms with Gasteiger partial charge in [-0.1, -0.05) is 18.2 Å². The van der Waals surface area contributed by atoms with Crippen LogP contribution in [0.5, 0.6) is 0 Å². The number of nitrogens with zero attached hydrogens (tertiary/aromatic N) is 1. The molecule has 118 valence electrons. The Balaban J connectivity index is 2.50. The molecule has 1 amide bonds. The molecule has 0 radical (unpaired) electrons. The van der Waals surface area contributed by atoms with Crippen LogP contribution in [-0.2, 0) is 14.8 Å². The molecule has 8 heteroatoms. The highest BCUT2D eigenvalue weighted by Gasteiger charge is 2.16. The molecule has 0 unspecified atom stereocenters. The fraction of sp³-hybridized carbons (Fsp3) is 0.462. The van der Waals surface area contributed by atoms with Crippen LogP contribution in [0.2, 0.25) is 0 Å². The smallest absolute Gasteiger partial charge is 0.240 e. The molecule has 0 saturated carbocycles. The quantitative estimate of drug-likeness (QED) is 0.551. The van der Waals surface area contributed by atoms with Crippen molar-refractivity contribution in [2.45, 2.75) is 11.3 Å². The number of benzene rings is 1. The Morgan fingerprint density at radius 2 is 1.67 bits per heavy atom. The SMILES string of the molecule is O=C(CCNS(=O)(=O)c1ccccc1)N(CCO)CCO. The van der Waals surface area contributed by atoms with Crippen molar-refractivity contribution in [1.29, 1.82) is 0 Å². The maximum Gasteiger partial charge on any atom is 0.240 e. The third-order valence-corrected chi connectivity index (χ3v) is 4.25. The summed E-state index contributed by atoms with van der Waals surface area (Å²) in [6.07, 6.45) is -0.0357. The molecule has 0 bridgehead atoms. The van der Waals surface area contributed by atoms with Gasteiger partial charge in [0.2, 0.25) is 15.9 Å². The van der Waals surface area contributed by atoms with Gasteiger partial charge in [-0.2, -0.15) is 0 Å². The summed E-state index contributed by atoms with van der Waals surface area (Å²) in [5.74, 6) is -0.325. The van der Waals surface area contributed by atoms with E-state index in [1.54, 1.807) is 18.2 Å². The summed E-state index contributed by atoms with van der Waals surface area (Å²) < 4.78 is 26.2. The Morgan fingerprint density at radius 3 is 2.19 bits per heavy atom. The molecule has 0 aliphatic rings. The summed E-state index contributed by atoms with van der Waals surface area (Å²) >= 11 is 0. The van der Waals surface area contributed by atoms with E-state index in [1.807, 2.05) is 0 Å². The molecule has 0 heterocycles. The fourth-order valence-electron chi connectivity index (χ4n) is 1.74. The zero-order valence-corrected chi connectivity index (χ0v) is 12.4. The molecule has 1 aromatic rings. The first-order valence-electron chi connectivity index (χ1n) is 6.55. The molecule has 0 spiro atoms. The van der Waals surface area contributed by atoms with Crippen molar-refractivity contribution in [3.63, 3.8) is 0 Å². The van der Waals surface area contributed by atoms with Gasteiger partial charge in [-0.25, -0.2) is 13.1 Å². The van der Waals surface area contributed by atoms with Gasteiger partial charge in [0.25, 0.3) is 0 Å². The highest BCUT2D eigenvalue weighted by molar-refractivity contribution is 7.89. The van der Waals surface area contributed by atoms with E-state index in [1.165, 1.54) is 17.0 Å². The van der Waals surface area contributed by atoms with Crippen molar-refractivity contribution >= 4 is 15.9 Å². The number of aliphatic hydroxyl groups is 2. The van der Waals surface area contributed by atoms with Gasteiger partial charge in [-0.3, -0.25) is 4.79 Å². The Labute approximate surface area is 124 Å². The van der Waals surface area contributed by atoms with E-state index in [0.29, 0.717) is 0 Å². The maximum absolute atomic E-state index is 11.9. The van der Waals surface area contributed by atoms with Crippen LogP contribution in [0, 0.1) is 0 Å². The molecule has 0 saturated heterocycles. The van der Waals surface area contributed by atoms with Crippen molar-refractivity contribution in [3.05, 3.63) is 30.3 Å². The predicted octanol–water partition coefficient (Wildman–Crippen LogP) is -0.832. The number of rotatable bonds is 9. The number of carbonyl (C=O) groups is 1. The average molecular weight is 316 g/mol.